The molecule has 2 aromatic carbocycles. The molecule has 0 saturated carbocycles. The van der Waals surface area contributed by atoms with Gasteiger partial charge in [0.1, 0.15) is 0 Å². The zero-order valence-electron chi connectivity index (χ0n) is 16.3. The summed E-state index contributed by atoms with van der Waals surface area (Å²) in [5.74, 6) is 1.60. The van der Waals surface area contributed by atoms with Crippen LogP contribution in [0.25, 0.3) is 0 Å². The standard InChI is InChI=1S/C23H31N3O/c1-24-23(25-15-8-13-20-9-4-2-5-10-20)26-16-14-22(17-26)19-27-18-21-11-6-3-7-12-21/h2-7,9-12,22H,8,13-19H2,1H3,(H,24,25). The van der Waals surface area contributed by atoms with E-state index >= 15 is 0 Å². The first kappa shape index (κ1) is 19.4. The van der Waals surface area contributed by atoms with Crippen LogP contribution in [0.5, 0.6) is 0 Å². The Morgan fingerprint density at radius 3 is 2.48 bits per heavy atom. The summed E-state index contributed by atoms with van der Waals surface area (Å²) >= 11 is 0. The van der Waals surface area contributed by atoms with Crippen molar-refractivity contribution in [3.8, 4) is 0 Å². The third-order valence-electron chi connectivity index (χ3n) is 5.03. The topological polar surface area (TPSA) is 36.9 Å². The quantitative estimate of drug-likeness (QED) is 0.440. The Kier molecular flexibility index (Phi) is 7.72. The lowest BCUT2D eigenvalue weighted by Gasteiger charge is -2.21. The first-order valence-electron chi connectivity index (χ1n) is 9.96. The van der Waals surface area contributed by atoms with Crippen LogP contribution in [0.1, 0.15) is 24.0 Å². The highest BCUT2D eigenvalue weighted by molar-refractivity contribution is 5.80. The first-order chi connectivity index (χ1) is 13.3. The zero-order valence-corrected chi connectivity index (χ0v) is 16.3. The predicted octanol–water partition coefficient (Wildman–Crippen LogP) is 3.73. The van der Waals surface area contributed by atoms with E-state index in [1.54, 1.807) is 0 Å². The van der Waals surface area contributed by atoms with Gasteiger partial charge in [-0.1, -0.05) is 60.7 Å². The van der Waals surface area contributed by atoms with Gasteiger partial charge < -0.3 is 15.0 Å². The Balaban J connectivity index is 1.33. The Bertz CT molecular complexity index is 687. The summed E-state index contributed by atoms with van der Waals surface area (Å²) in [4.78, 5) is 6.83. The summed E-state index contributed by atoms with van der Waals surface area (Å²) in [5.41, 5.74) is 2.63. The molecule has 3 rings (SSSR count). The minimum atomic E-state index is 0.580. The van der Waals surface area contributed by atoms with Crippen molar-refractivity contribution in [2.45, 2.75) is 25.9 Å². The molecular formula is C23H31N3O. The van der Waals surface area contributed by atoms with Gasteiger partial charge in [-0.25, -0.2) is 0 Å². The summed E-state index contributed by atoms with van der Waals surface area (Å²) in [7, 11) is 1.87. The van der Waals surface area contributed by atoms with Gasteiger partial charge in [0.25, 0.3) is 0 Å². The molecule has 1 heterocycles. The molecule has 0 aromatic heterocycles. The molecule has 1 N–H and O–H groups in total. The van der Waals surface area contributed by atoms with Crippen molar-refractivity contribution in [2.24, 2.45) is 10.9 Å². The van der Waals surface area contributed by atoms with Gasteiger partial charge in [-0.05, 0) is 30.4 Å². The fraction of sp³-hybridized carbons (Fsp3) is 0.435. The minimum Gasteiger partial charge on any atom is -0.376 e. The highest BCUT2D eigenvalue weighted by Crippen LogP contribution is 2.17. The second kappa shape index (κ2) is 10.7. The van der Waals surface area contributed by atoms with E-state index in [1.807, 2.05) is 13.1 Å². The number of rotatable bonds is 8. The van der Waals surface area contributed by atoms with Gasteiger partial charge >= 0.3 is 0 Å². The molecule has 2 aromatic rings. The Morgan fingerprint density at radius 2 is 1.78 bits per heavy atom. The van der Waals surface area contributed by atoms with Crippen LogP contribution in [-0.2, 0) is 17.8 Å². The number of hydrogen-bond donors (Lipinski definition) is 1. The molecule has 1 saturated heterocycles. The molecule has 27 heavy (non-hydrogen) atoms. The number of aryl methyl sites for hydroxylation is 1. The van der Waals surface area contributed by atoms with Crippen molar-refractivity contribution in [3.05, 3.63) is 71.8 Å². The summed E-state index contributed by atoms with van der Waals surface area (Å²) in [6.45, 7) is 4.54. The van der Waals surface area contributed by atoms with Crippen LogP contribution in [-0.4, -0.2) is 44.1 Å². The van der Waals surface area contributed by atoms with E-state index in [9.17, 15) is 0 Å². The van der Waals surface area contributed by atoms with Crippen molar-refractivity contribution in [3.63, 3.8) is 0 Å². The van der Waals surface area contributed by atoms with E-state index in [2.05, 4.69) is 69.8 Å². The third kappa shape index (κ3) is 6.40. The number of nitrogens with zero attached hydrogens (tertiary/aromatic N) is 2. The molecule has 1 fully saturated rings. The largest absolute Gasteiger partial charge is 0.376 e. The number of ether oxygens (including phenoxy) is 1. The van der Waals surface area contributed by atoms with Crippen LogP contribution in [0.15, 0.2) is 65.7 Å². The Morgan fingerprint density at radius 1 is 1.07 bits per heavy atom. The highest BCUT2D eigenvalue weighted by atomic mass is 16.5. The Hall–Kier alpha value is -2.33. The molecule has 0 amide bonds. The van der Waals surface area contributed by atoms with Crippen LogP contribution in [0.3, 0.4) is 0 Å². The van der Waals surface area contributed by atoms with Crippen molar-refractivity contribution < 1.29 is 4.74 Å². The SMILES string of the molecule is CN=C(NCCCc1ccccc1)N1CCC(COCc2ccccc2)C1. The van der Waals surface area contributed by atoms with E-state index < -0.39 is 0 Å². The average Bonchev–Trinajstić information content (AvgIpc) is 3.18. The van der Waals surface area contributed by atoms with Gasteiger partial charge in [-0.2, -0.15) is 0 Å². The summed E-state index contributed by atoms with van der Waals surface area (Å²) in [6.07, 6.45) is 3.38. The van der Waals surface area contributed by atoms with Crippen LogP contribution in [0.2, 0.25) is 0 Å². The molecular weight excluding hydrogens is 334 g/mol. The molecule has 0 spiro atoms. The fourth-order valence-electron chi connectivity index (χ4n) is 3.55. The molecule has 4 heteroatoms. The number of benzene rings is 2. The van der Waals surface area contributed by atoms with Crippen molar-refractivity contribution in [2.75, 3.05) is 33.3 Å². The van der Waals surface area contributed by atoms with E-state index in [4.69, 9.17) is 4.74 Å². The normalized spacial score (nSPS) is 17.3. The van der Waals surface area contributed by atoms with Gasteiger partial charge in [0.15, 0.2) is 5.96 Å². The third-order valence-corrected chi connectivity index (χ3v) is 5.03. The van der Waals surface area contributed by atoms with E-state index in [-0.39, 0.29) is 0 Å². The first-order valence-corrected chi connectivity index (χ1v) is 9.96. The van der Waals surface area contributed by atoms with Crippen molar-refractivity contribution >= 4 is 5.96 Å². The molecule has 1 aliphatic rings. The van der Waals surface area contributed by atoms with E-state index in [0.29, 0.717) is 12.5 Å². The fourth-order valence-corrected chi connectivity index (χ4v) is 3.55. The molecule has 0 bridgehead atoms. The van der Waals surface area contributed by atoms with Gasteiger partial charge in [0, 0.05) is 32.6 Å². The van der Waals surface area contributed by atoms with Crippen molar-refractivity contribution in [1.82, 2.24) is 10.2 Å². The second-order valence-electron chi connectivity index (χ2n) is 7.16. The molecule has 1 atom stereocenters. The van der Waals surface area contributed by atoms with Crippen LogP contribution < -0.4 is 5.32 Å². The zero-order chi connectivity index (χ0) is 18.7. The van der Waals surface area contributed by atoms with Crippen LogP contribution in [0, 0.1) is 5.92 Å². The maximum atomic E-state index is 5.93. The van der Waals surface area contributed by atoms with E-state index in [0.717, 1.165) is 45.0 Å². The molecule has 1 unspecified atom stereocenters. The monoisotopic (exact) mass is 365 g/mol. The summed E-state index contributed by atoms with van der Waals surface area (Å²) in [5, 5.41) is 3.52. The highest BCUT2D eigenvalue weighted by Gasteiger charge is 2.24. The molecule has 1 aliphatic heterocycles. The lowest BCUT2D eigenvalue weighted by atomic mass is 10.1. The second-order valence-corrected chi connectivity index (χ2v) is 7.16. The van der Waals surface area contributed by atoms with E-state index in [1.165, 1.54) is 17.5 Å². The Labute approximate surface area is 163 Å². The number of nitrogens with one attached hydrogen (secondary N) is 1. The number of likely N-dealkylation sites (tertiary alicyclic amines) is 1. The molecule has 144 valence electrons. The van der Waals surface area contributed by atoms with Gasteiger partial charge in [-0.3, -0.25) is 4.99 Å². The maximum Gasteiger partial charge on any atom is 0.193 e. The summed E-state index contributed by atoms with van der Waals surface area (Å²) < 4.78 is 5.93. The minimum absolute atomic E-state index is 0.580. The molecule has 0 radical (unpaired) electrons. The lowest BCUT2D eigenvalue weighted by Crippen LogP contribution is -2.40. The number of hydrogen-bond acceptors (Lipinski definition) is 2. The van der Waals surface area contributed by atoms with Crippen molar-refractivity contribution in [1.29, 1.82) is 0 Å². The number of aliphatic imine (C=N–C) groups is 1. The smallest absolute Gasteiger partial charge is 0.193 e. The van der Waals surface area contributed by atoms with Gasteiger partial charge in [0.2, 0.25) is 0 Å². The predicted molar refractivity (Wildman–Crippen MR) is 112 cm³/mol. The van der Waals surface area contributed by atoms with Gasteiger partial charge in [0.05, 0.1) is 13.2 Å². The molecule has 4 nitrogen and oxygen atoms in total. The van der Waals surface area contributed by atoms with Crippen LogP contribution >= 0.6 is 0 Å². The lowest BCUT2D eigenvalue weighted by molar-refractivity contribution is 0.0907. The number of guanidine groups is 1. The van der Waals surface area contributed by atoms with Gasteiger partial charge in [-0.15, -0.1) is 0 Å². The summed E-state index contributed by atoms with van der Waals surface area (Å²) in [6, 6.07) is 21.0. The average molecular weight is 366 g/mol. The maximum absolute atomic E-state index is 5.93. The molecule has 0 aliphatic carbocycles. The van der Waals surface area contributed by atoms with Crippen LogP contribution in [0.4, 0.5) is 0 Å².